The highest BCUT2D eigenvalue weighted by atomic mass is 16.6. The number of hydrogen-bond acceptors (Lipinski definition) is 4. The highest BCUT2D eigenvalue weighted by molar-refractivity contribution is 5.89. The van der Waals surface area contributed by atoms with Crippen LogP contribution in [0.3, 0.4) is 0 Å². The van der Waals surface area contributed by atoms with Gasteiger partial charge in [0.05, 0.1) is 12.5 Å². The Kier molecular flexibility index (Phi) is 7.42. The number of hydrogen-bond donors (Lipinski definition) is 2. The van der Waals surface area contributed by atoms with E-state index in [0.29, 0.717) is 12.8 Å². The van der Waals surface area contributed by atoms with Crippen LogP contribution in [0.5, 0.6) is 0 Å². The molecule has 0 bridgehead atoms. The predicted octanol–water partition coefficient (Wildman–Crippen LogP) is 2.95. The fraction of sp³-hybridized carbons (Fsp3) is 0.500. The van der Waals surface area contributed by atoms with Gasteiger partial charge >= 0.3 is 12.1 Å². The average Bonchev–Trinajstić information content (AvgIpc) is 2.48. The van der Waals surface area contributed by atoms with Crippen molar-refractivity contribution < 1.29 is 24.2 Å². The van der Waals surface area contributed by atoms with Gasteiger partial charge in [-0.1, -0.05) is 30.3 Å². The molecule has 0 aromatic heterocycles. The van der Waals surface area contributed by atoms with Crippen LogP contribution in [0.15, 0.2) is 30.3 Å². The van der Waals surface area contributed by atoms with E-state index in [1.807, 2.05) is 30.3 Å². The Labute approximate surface area is 142 Å². The van der Waals surface area contributed by atoms with E-state index >= 15 is 0 Å². The van der Waals surface area contributed by atoms with E-state index in [2.05, 4.69) is 5.32 Å². The molecule has 1 rings (SSSR count). The van der Waals surface area contributed by atoms with Gasteiger partial charge in [0, 0.05) is 6.42 Å². The zero-order valence-corrected chi connectivity index (χ0v) is 14.4. The summed E-state index contributed by atoms with van der Waals surface area (Å²) in [6.07, 6.45) is -0.0625. The summed E-state index contributed by atoms with van der Waals surface area (Å²) in [6.45, 7) is 5.20. The molecule has 6 nitrogen and oxygen atoms in total. The maximum Gasteiger partial charge on any atom is 0.408 e. The summed E-state index contributed by atoms with van der Waals surface area (Å²) in [6, 6.07) is 8.81. The number of carbonyl (C=O) groups excluding carboxylic acids is 2. The van der Waals surface area contributed by atoms with Crippen LogP contribution in [0.1, 0.15) is 45.6 Å². The van der Waals surface area contributed by atoms with Crippen molar-refractivity contribution in [3.8, 4) is 0 Å². The molecular formula is C18H25NO5. The standard InChI is InChI=1S/C18H25NO5/c1-18(2,3)24-17(23)19-14(15(20)11-12-16(21)22)10-9-13-7-5-4-6-8-13/h4-8,14H,9-12H2,1-3H3,(H,19,23)(H,21,22)/t14-/m0/s1. The van der Waals surface area contributed by atoms with E-state index in [-0.39, 0.29) is 18.6 Å². The molecule has 0 radical (unpaired) electrons. The molecule has 132 valence electrons. The quantitative estimate of drug-likeness (QED) is 0.762. The Morgan fingerprint density at radius 3 is 2.29 bits per heavy atom. The molecule has 0 saturated heterocycles. The van der Waals surface area contributed by atoms with Crippen LogP contribution in [-0.2, 0) is 20.7 Å². The largest absolute Gasteiger partial charge is 0.481 e. The van der Waals surface area contributed by atoms with Gasteiger partial charge in [0.15, 0.2) is 5.78 Å². The molecule has 0 heterocycles. The molecule has 2 N–H and O–H groups in total. The summed E-state index contributed by atoms with van der Waals surface area (Å²) < 4.78 is 5.18. The third-order valence-electron chi connectivity index (χ3n) is 3.23. The van der Waals surface area contributed by atoms with Gasteiger partial charge in [0.2, 0.25) is 0 Å². The second kappa shape index (κ2) is 9.05. The number of Topliss-reactive ketones (excluding diaryl/α,β-unsaturated/α-hetero) is 1. The number of amides is 1. The minimum atomic E-state index is -1.04. The van der Waals surface area contributed by atoms with Gasteiger partial charge in [-0.05, 0) is 39.2 Å². The summed E-state index contributed by atoms with van der Waals surface area (Å²) in [4.78, 5) is 34.8. The molecule has 1 atom stereocenters. The van der Waals surface area contributed by atoms with E-state index in [0.717, 1.165) is 5.56 Å². The first-order valence-corrected chi connectivity index (χ1v) is 7.95. The van der Waals surface area contributed by atoms with E-state index < -0.39 is 23.7 Å². The maximum absolute atomic E-state index is 12.2. The molecular weight excluding hydrogens is 310 g/mol. The van der Waals surface area contributed by atoms with Gasteiger partial charge in [0.25, 0.3) is 0 Å². The highest BCUT2D eigenvalue weighted by Gasteiger charge is 2.24. The van der Waals surface area contributed by atoms with Crippen LogP contribution >= 0.6 is 0 Å². The lowest BCUT2D eigenvalue weighted by Gasteiger charge is -2.23. The number of ketones is 1. The zero-order valence-electron chi connectivity index (χ0n) is 14.4. The molecule has 0 spiro atoms. The molecule has 6 heteroatoms. The Morgan fingerprint density at radius 2 is 1.75 bits per heavy atom. The summed E-state index contributed by atoms with van der Waals surface area (Å²) in [7, 11) is 0. The molecule has 1 aromatic carbocycles. The maximum atomic E-state index is 12.2. The molecule has 0 aliphatic rings. The van der Waals surface area contributed by atoms with Crippen molar-refractivity contribution in [1.82, 2.24) is 5.32 Å². The SMILES string of the molecule is CC(C)(C)OC(=O)N[C@@H](CCc1ccccc1)C(=O)CCC(=O)O. The van der Waals surface area contributed by atoms with Crippen molar-refractivity contribution in [1.29, 1.82) is 0 Å². The van der Waals surface area contributed by atoms with Gasteiger partial charge in [-0.3, -0.25) is 9.59 Å². The molecule has 0 saturated carbocycles. The third kappa shape index (κ3) is 8.31. The monoisotopic (exact) mass is 335 g/mol. The first-order valence-electron chi connectivity index (χ1n) is 7.95. The first-order chi connectivity index (χ1) is 11.2. The molecule has 0 unspecified atom stereocenters. The van der Waals surface area contributed by atoms with E-state index in [1.165, 1.54) is 0 Å². The van der Waals surface area contributed by atoms with Gasteiger partial charge < -0.3 is 15.2 Å². The minimum absolute atomic E-state index is 0.120. The van der Waals surface area contributed by atoms with Crippen molar-refractivity contribution in [2.24, 2.45) is 0 Å². The van der Waals surface area contributed by atoms with Crippen LogP contribution < -0.4 is 5.32 Å². The number of ether oxygens (including phenoxy) is 1. The molecule has 0 aliphatic heterocycles. The van der Waals surface area contributed by atoms with Gasteiger partial charge in [-0.15, -0.1) is 0 Å². The van der Waals surface area contributed by atoms with E-state index in [4.69, 9.17) is 9.84 Å². The number of carbonyl (C=O) groups is 3. The lowest BCUT2D eigenvalue weighted by Crippen LogP contribution is -2.43. The number of carboxylic acid groups (broad SMARTS) is 1. The lowest BCUT2D eigenvalue weighted by atomic mass is 10.00. The van der Waals surface area contributed by atoms with Crippen molar-refractivity contribution in [3.63, 3.8) is 0 Å². The van der Waals surface area contributed by atoms with Gasteiger partial charge in [-0.25, -0.2) is 4.79 Å². The van der Waals surface area contributed by atoms with Crippen LogP contribution in [0, 0.1) is 0 Å². The molecule has 0 fully saturated rings. The van der Waals surface area contributed by atoms with Crippen molar-refractivity contribution in [3.05, 3.63) is 35.9 Å². The molecule has 24 heavy (non-hydrogen) atoms. The lowest BCUT2D eigenvalue weighted by molar-refractivity contribution is -0.138. The summed E-state index contributed by atoms with van der Waals surface area (Å²) in [5, 5.41) is 11.3. The van der Waals surface area contributed by atoms with E-state index in [1.54, 1.807) is 20.8 Å². The Hall–Kier alpha value is -2.37. The molecule has 1 amide bonds. The normalized spacial score (nSPS) is 12.3. The molecule has 1 aromatic rings. The van der Waals surface area contributed by atoms with Crippen LogP contribution in [-0.4, -0.2) is 34.6 Å². The number of carboxylic acids is 1. The second-order valence-electron chi connectivity index (χ2n) is 6.58. The Morgan fingerprint density at radius 1 is 1.12 bits per heavy atom. The highest BCUT2D eigenvalue weighted by Crippen LogP contribution is 2.11. The minimum Gasteiger partial charge on any atom is -0.481 e. The Balaban J connectivity index is 2.69. The number of alkyl carbamates (subject to hydrolysis) is 1. The predicted molar refractivity (Wildman–Crippen MR) is 89.8 cm³/mol. The number of aryl methyl sites for hydroxylation is 1. The first kappa shape index (κ1) is 19.7. The topological polar surface area (TPSA) is 92.7 Å². The smallest absolute Gasteiger partial charge is 0.408 e. The Bertz CT molecular complexity index is 563. The number of aliphatic carboxylic acids is 1. The van der Waals surface area contributed by atoms with Crippen LogP contribution in [0.4, 0.5) is 4.79 Å². The van der Waals surface area contributed by atoms with Crippen molar-refractivity contribution in [2.75, 3.05) is 0 Å². The summed E-state index contributed by atoms with van der Waals surface area (Å²) in [5.74, 6) is -1.35. The van der Waals surface area contributed by atoms with Crippen LogP contribution in [0.2, 0.25) is 0 Å². The number of rotatable bonds is 8. The number of benzene rings is 1. The fourth-order valence-electron chi connectivity index (χ4n) is 2.12. The summed E-state index contributed by atoms with van der Waals surface area (Å²) in [5.41, 5.74) is 0.373. The second-order valence-corrected chi connectivity index (χ2v) is 6.58. The van der Waals surface area contributed by atoms with Gasteiger partial charge in [0.1, 0.15) is 5.60 Å². The van der Waals surface area contributed by atoms with Crippen molar-refractivity contribution in [2.45, 2.75) is 58.1 Å². The summed E-state index contributed by atoms with van der Waals surface area (Å²) >= 11 is 0. The average molecular weight is 335 g/mol. The van der Waals surface area contributed by atoms with Crippen molar-refractivity contribution >= 4 is 17.8 Å². The third-order valence-corrected chi connectivity index (χ3v) is 3.23. The van der Waals surface area contributed by atoms with Gasteiger partial charge in [-0.2, -0.15) is 0 Å². The fourth-order valence-corrected chi connectivity index (χ4v) is 2.12. The number of nitrogens with one attached hydrogen (secondary N) is 1. The van der Waals surface area contributed by atoms with E-state index in [9.17, 15) is 14.4 Å². The molecule has 0 aliphatic carbocycles. The van der Waals surface area contributed by atoms with Crippen LogP contribution in [0.25, 0.3) is 0 Å². The zero-order chi connectivity index (χ0) is 18.2.